The van der Waals surface area contributed by atoms with Gasteiger partial charge in [0.15, 0.2) is 0 Å². The minimum Gasteiger partial charge on any atom is -0.478 e. The van der Waals surface area contributed by atoms with Crippen LogP contribution in [0.1, 0.15) is 34.5 Å². The largest absolute Gasteiger partial charge is 0.478 e. The van der Waals surface area contributed by atoms with Gasteiger partial charge in [0, 0.05) is 6.54 Å². The van der Waals surface area contributed by atoms with Crippen LogP contribution >= 0.6 is 11.3 Å². The topological polar surface area (TPSA) is 78.4 Å². The molecule has 0 saturated carbocycles. The Morgan fingerprint density at radius 2 is 2.14 bits per heavy atom. The summed E-state index contributed by atoms with van der Waals surface area (Å²) >= 11 is 1.58. The Balaban J connectivity index is 1.86. The van der Waals surface area contributed by atoms with Gasteiger partial charge in [-0.1, -0.05) is 12.1 Å². The Hall–Kier alpha value is -2.34. The highest BCUT2D eigenvalue weighted by atomic mass is 32.1. The van der Waals surface area contributed by atoms with Gasteiger partial charge in [-0.15, -0.1) is 0 Å². The van der Waals surface area contributed by atoms with E-state index in [-0.39, 0.29) is 24.2 Å². The fourth-order valence-electron chi connectivity index (χ4n) is 1.85. The zero-order valence-electron chi connectivity index (χ0n) is 11.5. The maximum absolute atomic E-state index is 11.8. The Bertz CT molecular complexity index is 626. The number of rotatable bonds is 5. The molecule has 0 aliphatic heterocycles. The van der Waals surface area contributed by atoms with Crippen molar-refractivity contribution in [1.82, 2.24) is 10.6 Å². The molecule has 0 aliphatic carbocycles. The van der Waals surface area contributed by atoms with Crippen molar-refractivity contribution in [3.05, 3.63) is 57.8 Å². The highest BCUT2D eigenvalue weighted by Gasteiger charge is 2.09. The minimum atomic E-state index is -0.979. The van der Waals surface area contributed by atoms with Gasteiger partial charge in [-0.3, -0.25) is 0 Å². The van der Waals surface area contributed by atoms with Gasteiger partial charge in [-0.05, 0) is 47.0 Å². The highest BCUT2D eigenvalue weighted by molar-refractivity contribution is 7.07. The molecule has 0 aliphatic rings. The molecule has 110 valence electrons. The fourth-order valence-corrected chi connectivity index (χ4v) is 2.60. The third kappa shape index (κ3) is 4.32. The predicted molar refractivity (Wildman–Crippen MR) is 81.5 cm³/mol. The van der Waals surface area contributed by atoms with E-state index >= 15 is 0 Å². The average molecular weight is 304 g/mol. The first-order valence-electron chi connectivity index (χ1n) is 6.45. The first-order chi connectivity index (χ1) is 10.1. The standard InChI is InChI=1S/C15H16N2O3S/c1-10(13-5-6-21-9-13)17-15(20)16-8-11-3-2-4-12(7-11)14(18)19/h2-7,9-10H,8H2,1H3,(H,18,19)(H2,16,17,20). The van der Waals surface area contributed by atoms with E-state index in [1.807, 2.05) is 23.8 Å². The first-order valence-corrected chi connectivity index (χ1v) is 7.39. The first kappa shape index (κ1) is 15.1. The van der Waals surface area contributed by atoms with E-state index < -0.39 is 5.97 Å². The van der Waals surface area contributed by atoms with Crippen LogP contribution in [0.3, 0.4) is 0 Å². The van der Waals surface area contributed by atoms with Crippen molar-refractivity contribution in [2.75, 3.05) is 0 Å². The third-order valence-corrected chi connectivity index (χ3v) is 3.72. The number of benzene rings is 1. The Morgan fingerprint density at radius 1 is 1.33 bits per heavy atom. The fraction of sp³-hybridized carbons (Fsp3) is 0.200. The number of urea groups is 1. The van der Waals surface area contributed by atoms with Crippen LogP contribution in [0.2, 0.25) is 0 Å². The number of hydrogen-bond acceptors (Lipinski definition) is 3. The number of hydrogen-bond donors (Lipinski definition) is 3. The summed E-state index contributed by atoms with van der Waals surface area (Å²) < 4.78 is 0. The molecule has 1 atom stereocenters. The van der Waals surface area contributed by atoms with Crippen molar-refractivity contribution in [2.24, 2.45) is 0 Å². The second kappa shape index (κ2) is 6.90. The van der Waals surface area contributed by atoms with E-state index in [0.717, 1.165) is 11.1 Å². The number of carboxylic acid groups (broad SMARTS) is 1. The summed E-state index contributed by atoms with van der Waals surface area (Å²) in [5.41, 5.74) is 2.01. The van der Waals surface area contributed by atoms with Crippen LogP contribution < -0.4 is 10.6 Å². The van der Waals surface area contributed by atoms with E-state index in [4.69, 9.17) is 5.11 Å². The van der Waals surface area contributed by atoms with Crippen LogP contribution in [0.15, 0.2) is 41.1 Å². The molecule has 0 bridgehead atoms. The molecule has 1 heterocycles. The van der Waals surface area contributed by atoms with Crippen molar-refractivity contribution in [2.45, 2.75) is 19.5 Å². The third-order valence-electron chi connectivity index (χ3n) is 3.02. The predicted octanol–water partition coefficient (Wildman–Crippen LogP) is 3.01. The average Bonchev–Trinajstić information content (AvgIpc) is 2.99. The van der Waals surface area contributed by atoms with Gasteiger partial charge in [-0.25, -0.2) is 9.59 Å². The van der Waals surface area contributed by atoms with Gasteiger partial charge in [0.1, 0.15) is 0 Å². The van der Waals surface area contributed by atoms with Crippen molar-refractivity contribution < 1.29 is 14.7 Å². The Kier molecular flexibility index (Phi) is 4.94. The number of nitrogens with one attached hydrogen (secondary N) is 2. The lowest BCUT2D eigenvalue weighted by Crippen LogP contribution is -2.36. The summed E-state index contributed by atoms with van der Waals surface area (Å²) in [6.07, 6.45) is 0. The molecule has 1 unspecified atom stereocenters. The van der Waals surface area contributed by atoms with Crippen LogP contribution in [0.25, 0.3) is 0 Å². The molecular weight excluding hydrogens is 288 g/mol. The number of amides is 2. The van der Waals surface area contributed by atoms with E-state index in [1.165, 1.54) is 6.07 Å². The quantitative estimate of drug-likeness (QED) is 0.794. The summed E-state index contributed by atoms with van der Waals surface area (Å²) in [5, 5.41) is 18.4. The number of carbonyl (C=O) groups is 2. The molecule has 0 fully saturated rings. The Labute approximate surface area is 126 Å². The number of aromatic carboxylic acids is 1. The number of thiophene rings is 1. The zero-order chi connectivity index (χ0) is 15.2. The molecule has 2 rings (SSSR count). The monoisotopic (exact) mass is 304 g/mol. The van der Waals surface area contributed by atoms with Gasteiger partial charge in [0.25, 0.3) is 0 Å². The molecule has 3 N–H and O–H groups in total. The van der Waals surface area contributed by atoms with Gasteiger partial charge in [0.2, 0.25) is 0 Å². The van der Waals surface area contributed by atoms with Gasteiger partial charge in [-0.2, -0.15) is 11.3 Å². The van der Waals surface area contributed by atoms with Crippen LogP contribution in [-0.2, 0) is 6.54 Å². The molecule has 0 spiro atoms. The summed E-state index contributed by atoms with van der Waals surface area (Å²) in [6.45, 7) is 2.19. The molecule has 0 radical (unpaired) electrons. The van der Waals surface area contributed by atoms with E-state index in [1.54, 1.807) is 29.5 Å². The van der Waals surface area contributed by atoms with Crippen molar-refractivity contribution >= 4 is 23.3 Å². The summed E-state index contributed by atoms with van der Waals surface area (Å²) in [6, 6.07) is 8.11. The van der Waals surface area contributed by atoms with E-state index in [2.05, 4.69) is 10.6 Å². The number of carbonyl (C=O) groups excluding carboxylic acids is 1. The van der Waals surface area contributed by atoms with E-state index in [9.17, 15) is 9.59 Å². The van der Waals surface area contributed by atoms with Crippen LogP contribution in [0, 0.1) is 0 Å². The molecule has 0 saturated heterocycles. The molecule has 2 aromatic rings. The molecule has 6 heteroatoms. The second-order valence-corrected chi connectivity index (χ2v) is 5.39. The van der Waals surface area contributed by atoms with Crippen molar-refractivity contribution in [1.29, 1.82) is 0 Å². The highest BCUT2D eigenvalue weighted by Crippen LogP contribution is 2.15. The smallest absolute Gasteiger partial charge is 0.335 e. The van der Waals surface area contributed by atoms with Gasteiger partial charge >= 0.3 is 12.0 Å². The second-order valence-electron chi connectivity index (χ2n) is 4.61. The van der Waals surface area contributed by atoms with Crippen LogP contribution in [0.4, 0.5) is 4.79 Å². The summed E-state index contributed by atoms with van der Waals surface area (Å²) in [4.78, 5) is 22.7. The molecule has 5 nitrogen and oxygen atoms in total. The van der Waals surface area contributed by atoms with Gasteiger partial charge in [0.05, 0.1) is 11.6 Å². The molecule has 1 aromatic carbocycles. The lowest BCUT2D eigenvalue weighted by molar-refractivity contribution is 0.0696. The lowest BCUT2D eigenvalue weighted by atomic mass is 10.1. The Morgan fingerprint density at radius 3 is 2.81 bits per heavy atom. The molecular formula is C15H16N2O3S. The van der Waals surface area contributed by atoms with Crippen molar-refractivity contribution in [3.8, 4) is 0 Å². The van der Waals surface area contributed by atoms with Gasteiger partial charge < -0.3 is 15.7 Å². The van der Waals surface area contributed by atoms with Crippen LogP contribution in [0.5, 0.6) is 0 Å². The lowest BCUT2D eigenvalue weighted by Gasteiger charge is -2.13. The zero-order valence-corrected chi connectivity index (χ0v) is 12.3. The molecule has 2 amide bonds. The maximum atomic E-state index is 11.8. The maximum Gasteiger partial charge on any atom is 0.335 e. The summed E-state index contributed by atoms with van der Waals surface area (Å²) in [7, 11) is 0. The van der Waals surface area contributed by atoms with E-state index in [0.29, 0.717) is 0 Å². The molecule has 1 aromatic heterocycles. The van der Waals surface area contributed by atoms with Crippen LogP contribution in [-0.4, -0.2) is 17.1 Å². The SMILES string of the molecule is CC(NC(=O)NCc1cccc(C(=O)O)c1)c1ccsc1. The molecule has 21 heavy (non-hydrogen) atoms. The number of carboxylic acids is 1. The normalized spacial score (nSPS) is 11.7. The van der Waals surface area contributed by atoms with Crippen molar-refractivity contribution in [3.63, 3.8) is 0 Å². The minimum absolute atomic E-state index is 0.0680. The summed E-state index contributed by atoms with van der Waals surface area (Å²) in [5.74, 6) is -0.979.